The lowest BCUT2D eigenvalue weighted by Gasteiger charge is -2.26. The molecule has 25 heavy (non-hydrogen) atoms. The van der Waals surface area contributed by atoms with Gasteiger partial charge in [-0.15, -0.1) is 11.3 Å². The Morgan fingerprint density at radius 3 is 2.92 bits per heavy atom. The Labute approximate surface area is 158 Å². The van der Waals surface area contributed by atoms with Gasteiger partial charge in [-0.3, -0.25) is 4.79 Å². The Kier molecular flexibility index (Phi) is 4.55. The molecule has 0 radical (unpaired) electrons. The maximum absolute atomic E-state index is 12.7. The highest BCUT2D eigenvalue weighted by Gasteiger charge is 2.24. The first kappa shape index (κ1) is 16.3. The molecule has 1 amide bonds. The first-order chi connectivity index (χ1) is 12.2. The largest absolute Gasteiger partial charge is 0.493 e. The van der Waals surface area contributed by atoms with Crippen LogP contribution in [-0.2, 0) is 0 Å². The summed E-state index contributed by atoms with van der Waals surface area (Å²) in [6, 6.07) is 15.7. The van der Waals surface area contributed by atoms with Gasteiger partial charge in [-0.2, -0.15) is 0 Å². The highest BCUT2D eigenvalue weighted by Crippen LogP contribution is 2.34. The number of hydrogen-bond donors (Lipinski definition) is 1. The van der Waals surface area contributed by atoms with Gasteiger partial charge in [0, 0.05) is 22.0 Å². The quantitative estimate of drug-likeness (QED) is 0.667. The van der Waals surface area contributed by atoms with Crippen LogP contribution in [-0.4, -0.2) is 17.5 Å². The number of aromatic nitrogens is 1. The second kappa shape index (κ2) is 6.98. The summed E-state index contributed by atoms with van der Waals surface area (Å²) in [4.78, 5) is 17.7. The van der Waals surface area contributed by atoms with E-state index in [4.69, 9.17) is 4.74 Å². The molecule has 126 valence electrons. The van der Waals surface area contributed by atoms with Crippen molar-refractivity contribution in [3.63, 3.8) is 0 Å². The number of carbonyl (C=O) groups is 1. The topological polar surface area (TPSA) is 51.2 Å². The van der Waals surface area contributed by atoms with E-state index in [1.54, 1.807) is 6.20 Å². The zero-order valence-corrected chi connectivity index (χ0v) is 15.6. The molecule has 1 atom stereocenters. The molecule has 0 saturated carbocycles. The zero-order chi connectivity index (χ0) is 17.2. The predicted molar refractivity (Wildman–Crippen MR) is 102 cm³/mol. The van der Waals surface area contributed by atoms with E-state index >= 15 is 0 Å². The summed E-state index contributed by atoms with van der Waals surface area (Å²) in [5.41, 5.74) is 2.02. The summed E-state index contributed by atoms with van der Waals surface area (Å²) in [5.74, 6) is 0.728. The predicted octanol–water partition coefficient (Wildman–Crippen LogP) is 4.83. The van der Waals surface area contributed by atoms with E-state index < -0.39 is 0 Å². The Morgan fingerprint density at radius 1 is 1.24 bits per heavy atom. The van der Waals surface area contributed by atoms with Crippen LogP contribution in [0.15, 0.2) is 59.2 Å². The van der Waals surface area contributed by atoms with Crippen LogP contribution in [0.25, 0.3) is 10.6 Å². The molecule has 2 heterocycles. The molecule has 0 bridgehead atoms. The van der Waals surface area contributed by atoms with Gasteiger partial charge in [0.15, 0.2) is 0 Å². The number of amides is 1. The standard InChI is InChI=1S/C19H15BrN2O2S/c20-13-6-7-16-14(10-13)15(8-9-24-16)22-18(23)17-11-21-19(25-17)12-4-2-1-3-5-12/h1-7,10-11,15H,8-9H2,(H,22,23). The number of nitrogens with one attached hydrogen (secondary N) is 1. The molecule has 4 nitrogen and oxygen atoms in total. The van der Waals surface area contributed by atoms with Crippen LogP contribution in [0, 0.1) is 0 Å². The van der Waals surface area contributed by atoms with Gasteiger partial charge in [-0.25, -0.2) is 4.98 Å². The first-order valence-corrected chi connectivity index (χ1v) is 9.56. The van der Waals surface area contributed by atoms with Gasteiger partial charge in [0.2, 0.25) is 0 Å². The number of carbonyl (C=O) groups excluding carboxylic acids is 1. The molecule has 1 unspecified atom stereocenters. The number of thiazole rings is 1. The van der Waals surface area contributed by atoms with E-state index in [-0.39, 0.29) is 11.9 Å². The zero-order valence-electron chi connectivity index (χ0n) is 13.2. The normalized spacial score (nSPS) is 16.0. The third-order valence-corrected chi connectivity index (χ3v) is 5.61. The number of fused-ring (bicyclic) bond motifs is 1. The third-order valence-electron chi connectivity index (χ3n) is 4.07. The smallest absolute Gasteiger partial charge is 0.263 e. The third kappa shape index (κ3) is 3.45. The minimum absolute atomic E-state index is 0.0592. The van der Waals surface area contributed by atoms with Gasteiger partial charge >= 0.3 is 0 Å². The maximum atomic E-state index is 12.7. The van der Waals surface area contributed by atoms with Crippen molar-refractivity contribution in [2.45, 2.75) is 12.5 Å². The van der Waals surface area contributed by atoms with Gasteiger partial charge in [-0.1, -0.05) is 46.3 Å². The van der Waals surface area contributed by atoms with Gasteiger partial charge in [0.1, 0.15) is 15.6 Å². The van der Waals surface area contributed by atoms with Crippen molar-refractivity contribution < 1.29 is 9.53 Å². The Morgan fingerprint density at radius 2 is 2.08 bits per heavy atom. The van der Waals surface area contributed by atoms with Crippen molar-refractivity contribution in [1.82, 2.24) is 10.3 Å². The molecule has 1 aliphatic heterocycles. The molecule has 3 aromatic rings. The SMILES string of the molecule is O=C(NC1CCOc2ccc(Br)cc21)c1cnc(-c2ccccc2)s1. The Balaban J connectivity index is 1.54. The molecule has 1 N–H and O–H groups in total. The molecule has 0 saturated heterocycles. The van der Waals surface area contributed by atoms with E-state index in [1.165, 1.54) is 11.3 Å². The highest BCUT2D eigenvalue weighted by molar-refractivity contribution is 9.10. The summed E-state index contributed by atoms with van der Waals surface area (Å²) in [5, 5.41) is 3.96. The van der Waals surface area contributed by atoms with Crippen molar-refractivity contribution in [2.24, 2.45) is 0 Å². The summed E-state index contributed by atoms with van der Waals surface area (Å²) < 4.78 is 6.65. The lowest BCUT2D eigenvalue weighted by molar-refractivity contribution is 0.0928. The fourth-order valence-corrected chi connectivity index (χ4v) is 4.04. The molecule has 0 spiro atoms. The summed E-state index contributed by atoms with van der Waals surface area (Å²) in [6.45, 7) is 0.595. The van der Waals surface area contributed by atoms with Crippen LogP contribution in [0.5, 0.6) is 5.75 Å². The minimum Gasteiger partial charge on any atom is -0.493 e. The van der Waals surface area contributed by atoms with Crippen LogP contribution >= 0.6 is 27.3 Å². The average Bonchev–Trinajstić information content (AvgIpc) is 3.13. The van der Waals surface area contributed by atoms with E-state index in [2.05, 4.69) is 26.2 Å². The second-order valence-corrected chi connectivity index (χ2v) is 7.69. The molecular formula is C19H15BrN2O2S. The molecule has 6 heteroatoms. The van der Waals surface area contributed by atoms with Crippen molar-refractivity contribution >= 4 is 33.2 Å². The van der Waals surface area contributed by atoms with Gasteiger partial charge in [0.25, 0.3) is 5.91 Å². The van der Waals surface area contributed by atoms with Crippen molar-refractivity contribution in [3.8, 4) is 16.3 Å². The van der Waals surface area contributed by atoms with Crippen molar-refractivity contribution in [1.29, 1.82) is 0 Å². The minimum atomic E-state index is -0.0995. The molecule has 0 aliphatic carbocycles. The number of hydrogen-bond acceptors (Lipinski definition) is 4. The molecule has 4 rings (SSSR count). The second-order valence-electron chi connectivity index (χ2n) is 5.74. The molecule has 0 fully saturated rings. The van der Waals surface area contributed by atoms with E-state index in [1.807, 2.05) is 48.5 Å². The van der Waals surface area contributed by atoms with Crippen LogP contribution < -0.4 is 10.1 Å². The molecule has 1 aromatic heterocycles. The van der Waals surface area contributed by atoms with E-state index in [9.17, 15) is 4.79 Å². The Bertz CT molecular complexity index is 911. The van der Waals surface area contributed by atoms with Gasteiger partial charge in [-0.05, 0) is 18.2 Å². The number of nitrogens with zero attached hydrogens (tertiary/aromatic N) is 1. The van der Waals surface area contributed by atoms with Crippen LogP contribution in [0.1, 0.15) is 27.7 Å². The highest BCUT2D eigenvalue weighted by atomic mass is 79.9. The fourth-order valence-electron chi connectivity index (χ4n) is 2.84. The number of halogens is 1. The number of rotatable bonds is 3. The van der Waals surface area contributed by atoms with Crippen LogP contribution in [0.2, 0.25) is 0 Å². The Hall–Kier alpha value is -2.18. The van der Waals surface area contributed by atoms with Gasteiger partial charge in [0.05, 0.1) is 18.8 Å². The van der Waals surface area contributed by atoms with E-state index in [0.29, 0.717) is 11.5 Å². The molecule has 1 aliphatic rings. The van der Waals surface area contributed by atoms with Crippen molar-refractivity contribution in [2.75, 3.05) is 6.61 Å². The molecule has 2 aromatic carbocycles. The number of benzene rings is 2. The monoisotopic (exact) mass is 414 g/mol. The first-order valence-electron chi connectivity index (χ1n) is 7.95. The summed E-state index contributed by atoms with van der Waals surface area (Å²) in [6.07, 6.45) is 2.39. The van der Waals surface area contributed by atoms with E-state index in [0.717, 1.165) is 32.8 Å². The van der Waals surface area contributed by atoms with Gasteiger partial charge < -0.3 is 10.1 Å². The fraction of sp³-hybridized carbons (Fsp3) is 0.158. The lowest BCUT2D eigenvalue weighted by atomic mass is 10.0. The van der Waals surface area contributed by atoms with Crippen molar-refractivity contribution in [3.05, 3.63) is 69.6 Å². The lowest BCUT2D eigenvalue weighted by Crippen LogP contribution is -2.31. The molecular weight excluding hydrogens is 400 g/mol. The number of ether oxygens (including phenoxy) is 1. The van der Waals surface area contributed by atoms with Crippen LogP contribution in [0.4, 0.5) is 0 Å². The average molecular weight is 415 g/mol. The van der Waals surface area contributed by atoms with Crippen LogP contribution in [0.3, 0.4) is 0 Å². The summed E-state index contributed by atoms with van der Waals surface area (Å²) >= 11 is 4.89. The maximum Gasteiger partial charge on any atom is 0.263 e. The summed E-state index contributed by atoms with van der Waals surface area (Å²) in [7, 11) is 0.